The summed E-state index contributed by atoms with van der Waals surface area (Å²) in [6.07, 6.45) is -10.8. The van der Waals surface area contributed by atoms with E-state index in [1.165, 1.54) is 11.8 Å². The lowest BCUT2D eigenvalue weighted by Gasteiger charge is -2.38. The Morgan fingerprint density at radius 1 is 1.19 bits per heavy atom. The summed E-state index contributed by atoms with van der Waals surface area (Å²) in [6, 6.07) is 0. The number of halogens is 6. The molecule has 21 heavy (non-hydrogen) atoms. The molecule has 2 rings (SSSR count). The summed E-state index contributed by atoms with van der Waals surface area (Å²) in [5, 5.41) is 0. The minimum atomic E-state index is -5.61. The zero-order valence-electron chi connectivity index (χ0n) is 10.9. The zero-order chi connectivity index (χ0) is 15.9. The second-order valence-electron chi connectivity index (χ2n) is 5.44. The van der Waals surface area contributed by atoms with Crippen LogP contribution in [0.5, 0.6) is 0 Å². The first-order chi connectivity index (χ1) is 9.55. The van der Waals surface area contributed by atoms with Crippen LogP contribution in [0.1, 0.15) is 19.3 Å². The van der Waals surface area contributed by atoms with Crippen molar-refractivity contribution < 1.29 is 35.9 Å². The molecule has 2 fully saturated rings. The monoisotopic (exact) mass is 336 g/mol. The van der Waals surface area contributed by atoms with E-state index in [0.29, 0.717) is 12.2 Å². The van der Waals surface area contributed by atoms with Crippen molar-refractivity contribution >= 4 is 17.5 Å². The number of carbonyl (C=O) groups excluding carboxylic acids is 1. The highest BCUT2D eigenvalue weighted by molar-refractivity contribution is 7.99. The SMILES string of the molecule is O=C(C1CCOC2(CCSC2)C1)C(C(F)(F)F)C(F)(F)F. The van der Waals surface area contributed by atoms with Crippen molar-refractivity contribution in [2.75, 3.05) is 18.1 Å². The molecule has 1 spiro atoms. The van der Waals surface area contributed by atoms with Crippen LogP contribution in [0.25, 0.3) is 0 Å². The molecule has 2 nitrogen and oxygen atoms in total. The summed E-state index contributed by atoms with van der Waals surface area (Å²) in [7, 11) is 0. The summed E-state index contributed by atoms with van der Waals surface area (Å²) in [4.78, 5) is 11.8. The van der Waals surface area contributed by atoms with Gasteiger partial charge in [-0.3, -0.25) is 4.79 Å². The predicted molar refractivity (Wildman–Crippen MR) is 64.0 cm³/mol. The van der Waals surface area contributed by atoms with Crippen LogP contribution in [0.4, 0.5) is 26.3 Å². The van der Waals surface area contributed by atoms with Gasteiger partial charge in [0.25, 0.3) is 0 Å². The Labute approximate surface area is 121 Å². The number of hydrogen-bond donors (Lipinski definition) is 0. The van der Waals surface area contributed by atoms with Crippen LogP contribution in [0, 0.1) is 11.8 Å². The quantitative estimate of drug-likeness (QED) is 0.721. The Hall–Kier alpha value is -0.440. The molecule has 122 valence electrons. The number of alkyl halides is 6. The fourth-order valence-electron chi connectivity index (χ4n) is 2.88. The molecule has 2 aliphatic heterocycles. The van der Waals surface area contributed by atoms with Crippen molar-refractivity contribution in [1.82, 2.24) is 0 Å². The standard InChI is InChI=1S/C12H14F6O2S/c13-11(14,15)9(12(16,17)18)8(19)7-1-3-20-10(5-7)2-4-21-6-10/h7,9H,1-6H2. The molecule has 2 atom stereocenters. The molecule has 2 unspecified atom stereocenters. The van der Waals surface area contributed by atoms with Gasteiger partial charge < -0.3 is 4.74 Å². The van der Waals surface area contributed by atoms with Crippen molar-refractivity contribution in [3.8, 4) is 0 Å². The Kier molecular flexibility index (Phi) is 4.55. The smallest absolute Gasteiger partial charge is 0.374 e. The summed E-state index contributed by atoms with van der Waals surface area (Å²) < 4.78 is 81.2. The van der Waals surface area contributed by atoms with Gasteiger partial charge >= 0.3 is 12.4 Å². The molecule has 0 bridgehead atoms. The highest BCUT2D eigenvalue weighted by Crippen LogP contribution is 2.46. The maximum Gasteiger partial charge on any atom is 0.407 e. The Balaban J connectivity index is 2.17. The summed E-state index contributed by atoms with van der Waals surface area (Å²) in [6.45, 7) is 0.0272. The number of thioether (sulfide) groups is 1. The maximum absolute atomic E-state index is 12.6. The number of hydrogen-bond acceptors (Lipinski definition) is 3. The van der Waals surface area contributed by atoms with Gasteiger partial charge in [0.1, 0.15) is 0 Å². The second kappa shape index (κ2) is 5.64. The molecule has 9 heteroatoms. The number of carbonyl (C=O) groups is 1. The fourth-order valence-corrected chi connectivity index (χ4v) is 4.26. The van der Waals surface area contributed by atoms with Gasteiger partial charge in [0.05, 0.1) is 5.60 Å². The summed E-state index contributed by atoms with van der Waals surface area (Å²) in [5.74, 6) is -5.65. The number of ether oxygens (including phenoxy) is 1. The van der Waals surface area contributed by atoms with Gasteiger partial charge in [-0.05, 0) is 25.0 Å². The van der Waals surface area contributed by atoms with Crippen LogP contribution in [0.3, 0.4) is 0 Å². The molecule has 2 aliphatic rings. The van der Waals surface area contributed by atoms with Crippen LogP contribution in [-0.2, 0) is 9.53 Å². The van der Waals surface area contributed by atoms with E-state index in [9.17, 15) is 31.1 Å². The lowest BCUT2D eigenvalue weighted by molar-refractivity contribution is -0.275. The third-order valence-electron chi connectivity index (χ3n) is 3.90. The van der Waals surface area contributed by atoms with Crippen LogP contribution in [0.15, 0.2) is 0 Å². The molecule has 0 amide bonds. The topological polar surface area (TPSA) is 26.3 Å². The van der Waals surface area contributed by atoms with E-state index < -0.39 is 35.6 Å². The molecule has 0 saturated carbocycles. The van der Waals surface area contributed by atoms with E-state index in [2.05, 4.69) is 0 Å². The van der Waals surface area contributed by atoms with Gasteiger partial charge in [0.2, 0.25) is 5.92 Å². The lowest BCUT2D eigenvalue weighted by Crippen LogP contribution is -2.49. The normalized spacial score (nSPS) is 31.1. The minimum absolute atomic E-state index is 0.0272. The van der Waals surface area contributed by atoms with Gasteiger partial charge in [0.15, 0.2) is 5.78 Å². The van der Waals surface area contributed by atoms with Crippen molar-refractivity contribution in [3.63, 3.8) is 0 Å². The van der Waals surface area contributed by atoms with Gasteiger partial charge in [-0.15, -0.1) is 0 Å². The van der Waals surface area contributed by atoms with Crippen molar-refractivity contribution in [3.05, 3.63) is 0 Å². The van der Waals surface area contributed by atoms with E-state index in [-0.39, 0.29) is 19.4 Å². The number of rotatable bonds is 2. The van der Waals surface area contributed by atoms with E-state index in [4.69, 9.17) is 4.74 Å². The third-order valence-corrected chi connectivity index (χ3v) is 5.12. The van der Waals surface area contributed by atoms with Crippen LogP contribution in [0.2, 0.25) is 0 Å². The van der Waals surface area contributed by atoms with E-state index in [1.54, 1.807) is 0 Å². The van der Waals surface area contributed by atoms with Gasteiger partial charge in [-0.1, -0.05) is 0 Å². The average molecular weight is 336 g/mol. The Morgan fingerprint density at radius 2 is 1.81 bits per heavy atom. The fraction of sp³-hybridized carbons (Fsp3) is 0.917. The van der Waals surface area contributed by atoms with E-state index >= 15 is 0 Å². The van der Waals surface area contributed by atoms with E-state index in [0.717, 1.165) is 5.75 Å². The van der Waals surface area contributed by atoms with Crippen LogP contribution < -0.4 is 0 Å². The Morgan fingerprint density at radius 3 is 2.29 bits per heavy atom. The van der Waals surface area contributed by atoms with Crippen LogP contribution >= 0.6 is 11.8 Å². The van der Waals surface area contributed by atoms with E-state index in [1.807, 2.05) is 0 Å². The first-order valence-electron chi connectivity index (χ1n) is 6.44. The molecule has 0 aliphatic carbocycles. The van der Waals surface area contributed by atoms with Crippen LogP contribution in [-0.4, -0.2) is 41.8 Å². The molecule has 0 radical (unpaired) electrons. The summed E-state index contributed by atoms with van der Waals surface area (Å²) in [5.41, 5.74) is -0.731. The Bertz CT molecular complexity index is 386. The number of Topliss-reactive ketones (excluding diaryl/α,β-unsaturated/α-hetero) is 1. The first-order valence-corrected chi connectivity index (χ1v) is 7.59. The first kappa shape index (κ1) is 16.9. The van der Waals surface area contributed by atoms with Gasteiger partial charge in [-0.2, -0.15) is 38.1 Å². The maximum atomic E-state index is 12.6. The highest BCUT2D eigenvalue weighted by Gasteiger charge is 2.62. The molecule has 0 aromatic rings. The number of ketones is 1. The van der Waals surface area contributed by atoms with Crippen molar-refractivity contribution in [1.29, 1.82) is 0 Å². The second-order valence-corrected chi connectivity index (χ2v) is 6.55. The molecule has 0 aromatic heterocycles. The van der Waals surface area contributed by atoms with Gasteiger partial charge in [0, 0.05) is 18.3 Å². The van der Waals surface area contributed by atoms with Crippen molar-refractivity contribution in [2.24, 2.45) is 11.8 Å². The molecule has 0 aromatic carbocycles. The molecular weight excluding hydrogens is 322 g/mol. The molecular formula is C12H14F6O2S. The van der Waals surface area contributed by atoms with Gasteiger partial charge in [-0.25, -0.2) is 0 Å². The molecule has 2 saturated heterocycles. The van der Waals surface area contributed by atoms with Crippen molar-refractivity contribution in [2.45, 2.75) is 37.2 Å². The third kappa shape index (κ3) is 3.67. The predicted octanol–water partition coefficient (Wildman–Crippen LogP) is 3.60. The molecule has 0 N–H and O–H groups in total. The highest BCUT2D eigenvalue weighted by atomic mass is 32.2. The average Bonchev–Trinajstić information content (AvgIpc) is 2.73. The largest absolute Gasteiger partial charge is 0.407 e. The molecule has 2 heterocycles. The zero-order valence-corrected chi connectivity index (χ0v) is 11.7. The summed E-state index contributed by atoms with van der Waals surface area (Å²) >= 11 is 1.53. The lowest BCUT2D eigenvalue weighted by atomic mass is 9.79. The minimum Gasteiger partial charge on any atom is -0.374 e.